The predicted octanol–water partition coefficient (Wildman–Crippen LogP) is 1.41. The smallest absolute Gasteiger partial charge is 0.240 e. The highest BCUT2D eigenvalue weighted by Gasteiger charge is 2.22. The molecule has 1 aromatic rings. The molecular weight excluding hydrogens is 276 g/mol. The van der Waals surface area contributed by atoms with Crippen LogP contribution in [0.4, 0.5) is 5.69 Å². The van der Waals surface area contributed by atoms with Crippen LogP contribution >= 0.6 is 0 Å². The molecule has 0 atom stereocenters. The number of benzene rings is 1. The third kappa shape index (κ3) is 3.71. The molecule has 0 saturated heterocycles. The van der Waals surface area contributed by atoms with Crippen molar-refractivity contribution in [2.45, 2.75) is 43.6 Å². The fourth-order valence-corrected chi connectivity index (χ4v) is 3.95. The van der Waals surface area contributed by atoms with Gasteiger partial charge >= 0.3 is 0 Å². The molecule has 0 aromatic heterocycles. The van der Waals surface area contributed by atoms with Crippen LogP contribution in [0.15, 0.2) is 23.1 Å². The Labute approximate surface area is 120 Å². The molecule has 0 spiro atoms. The summed E-state index contributed by atoms with van der Waals surface area (Å²) in [5.41, 5.74) is 6.79. The van der Waals surface area contributed by atoms with E-state index in [-0.39, 0.29) is 11.0 Å². The molecule has 20 heavy (non-hydrogen) atoms. The number of aliphatic hydroxyl groups is 1. The Balaban J connectivity index is 2.02. The van der Waals surface area contributed by atoms with Crippen molar-refractivity contribution in [3.8, 4) is 0 Å². The number of rotatable bonds is 4. The molecule has 1 aromatic carbocycles. The van der Waals surface area contributed by atoms with Gasteiger partial charge in [-0.1, -0.05) is 6.07 Å². The largest absolute Gasteiger partial charge is 0.399 e. The zero-order valence-corrected chi connectivity index (χ0v) is 12.5. The second-order valence-corrected chi connectivity index (χ2v) is 7.29. The lowest BCUT2D eigenvalue weighted by atomic mass is 9.88. The first-order valence-corrected chi connectivity index (χ1v) is 8.40. The van der Waals surface area contributed by atoms with Gasteiger partial charge in [0.25, 0.3) is 0 Å². The third-order valence-corrected chi connectivity index (χ3v) is 5.45. The van der Waals surface area contributed by atoms with Crippen molar-refractivity contribution >= 4 is 15.7 Å². The summed E-state index contributed by atoms with van der Waals surface area (Å²) in [6.07, 6.45) is 3.01. The van der Waals surface area contributed by atoms with E-state index in [1.165, 1.54) is 6.07 Å². The Bertz CT molecular complexity index is 564. The zero-order chi connectivity index (χ0) is 14.8. The van der Waals surface area contributed by atoms with Crippen molar-refractivity contribution in [3.63, 3.8) is 0 Å². The van der Waals surface area contributed by atoms with E-state index in [0.29, 0.717) is 23.7 Å². The Morgan fingerprint density at radius 3 is 2.60 bits per heavy atom. The van der Waals surface area contributed by atoms with Crippen LogP contribution in [-0.4, -0.2) is 26.2 Å². The van der Waals surface area contributed by atoms with Gasteiger partial charge in [-0.3, -0.25) is 0 Å². The van der Waals surface area contributed by atoms with Gasteiger partial charge in [0.15, 0.2) is 0 Å². The SMILES string of the molecule is Cc1ccc(N)cc1S(=O)(=O)NCC1CCC(O)CC1. The molecular formula is C14H22N2O3S. The van der Waals surface area contributed by atoms with Crippen molar-refractivity contribution in [1.82, 2.24) is 4.72 Å². The van der Waals surface area contributed by atoms with Gasteiger partial charge < -0.3 is 10.8 Å². The summed E-state index contributed by atoms with van der Waals surface area (Å²) in [6.45, 7) is 2.17. The monoisotopic (exact) mass is 298 g/mol. The van der Waals surface area contributed by atoms with E-state index >= 15 is 0 Å². The predicted molar refractivity (Wildman–Crippen MR) is 78.7 cm³/mol. The topological polar surface area (TPSA) is 92.4 Å². The molecule has 1 saturated carbocycles. The molecule has 1 fully saturated rings. The molecule has 1 aliphatic carbocycles. The standard InChI is InChI=1S/C14H22N2O3S/c1-10-2-5-12(15)8-14(10)20(18,19)16-9-11-3-6-13(17)7-4-11/h2,5,8,11,13,16-17H,3-4,6-7,9,15H2,1H3. The number of aliphatic hydroxyl groups excluding tert-OH is 1. The molecule has 0 unspecified atom stereocenters. The minimum absolute atomic E-state index is 0.223. The maximum absolute atomic E-state index is 12.3. The second-order valence-electron chi connectivity index (χ2n) is 5.55. The van der Waals surface area contributed by atoms with Crippen LogP contribution in [0.2, 0.25) is 0 Å². The first-order chi connectivity index (χ1) is 9.38. The summed E-state index contributed by atoms with van der Waals surface area (Å²) < 4.78 is 27.3. The van der Waals surface area contributed by atoms with Gasteiger partial charge in [-0.25, -0.2) is 13.1 Å². The quantitative estimate of drug-likeness (QED) is 0.733. The van der Waals surface area contributed by atoms with Gasteiger partial charge in [-0.05, 0) is 56.2 Å². The minimum atomic E-state index is -3.52. The van der Waals surface area contributed by atoms with Crippen molar-refractivity contribution in [3.05, 3.63) is 23.8 Å². The number of sulfonamides is 1. The number of aryl methyl sites for hydroxylation is 1. The fraction of sp³-hybridized carbons (Fsp3) is 0.571. The van der Waals surface area contributed by atoms with Gasteiger partial charge in [-0.2, -0.15) is 0 Å². The first-order valence-electron chi connectivity index (χ1n) is 6.92. The molecule has 0 radical (unpaired) electrons. The molecule has 0 amide bonds. The van der Waals surface area contributed by atoms with E-state index in [9.17, 15) is 13.5 Å². The molecule has 112 valence electrons. The van der Waals surface area contributed by atoms with Crippen LogP contribution in [0.5, 0.6) is 0 Å². The van der Waals surface area contributed by atoms with Gasteiger partial charge in [0, 0.05) is 12.2 Å². The summed E-state index contributed by atoms with van der Waals surface area (Å²) >= 11 is 0. The Morgan fingerprint density at radius 1 is 1.30 bits per heavy atom. The zero-order valence-electron chi connectivity index (χ0n) is 11.7. The molecule has 0 aliphatic heterocycles. The van der Waals surface area contributed by atoms with Crippen LogP contribution < -0.4 is 10.5 Å². The van der Waals surface area contributed by atoms with E-state index in [1.54, 1.807) is 19.1 Å². The van der Waals surface area contributed by atoms with Crippen molar-refractivity contribution in [2.75, 3.05) is 12.3 Å². The molecule has 4 N–H and O–H groups in total. The first kappa shape index (κ1) is 15.3. The number of nitrogens with one attached hydrogen (secondary N) is 1. The summed E-state index contributed by atoms with van der Waals surface area (Å²) in [4.78, 5) is 0.244. The minimum Gasteiger partial charge on any atom is -0.399 e. The Hall–Kier alpha value is -1.11. The molecule has 1 aliphatic rings. The van der Waals surface area contributed by atoms with Crippen LogP contribution in [0.25, 0.3) is 0 Å². The number of hydrogen-bond acceptors (Lipinski definition) is 4. The highest BCUT2D eigenvalue weighted by Crippen LogP contribution is 2.24. The average molecular weight is 298 g/mol. The fourth-order valence-electron chi connectivity index (χ4n) is 2.56. The van der Waals surface area contributed by atoms with Crippen molar-refractivity contribution in [2.24, 2.45) is 5.92 Å². The highest BCUT2D eigenvalue weighted by atomic mass is 32.2. The maximum atomic E-state index is 12.3. The van der Waals surface area contributed by atoms with Crippen LogP contribution in [-0.2, 0) is 10.0 Å². The summed E-state index contributed by atoms with van der Waals surface area (Å²) in [7, 11) is -3.52. The number of nitrogen functional groups attached to an aromatic ring is 1. The number of hydrogen-bond donors (Lipinski definition) is 3. The van der Waals surface area contributed by atoms with E-state index in [4.69, 9.17) is 5.73 Å². The third-order valence-electron chi connectivity index (χ3n) is 3.88. The van der Waals surface area contributed by atoms with Gasteiger partial charge in [0.05, 0.1) is 11.0 Å². The van der Waals surface area contributed by atoms with E-state index in [2.05, 4.69) is 4.72 Å². The normalized spacial score (nSPS) is 23.7. The van der Waals surface area contributed by atoms with Gasteiger partial charge in [-0.15, -0.1) is 0 Å². The van der Waals surface area contributed by atoms with Crippen LogP contribution in [0.1, 0.15) is 31.2 Å². The average Bonchev–Trinajstić information content (AvgIpc) is 2.41. The lowest BCUT2D eigenvalue weighted by molar-refractivity contribution is 0.109. The van der Waals surface area contributed by atoms with E-state index in [1.807, 2.05) is 0 Å². The van der Waals surface area contributed by atoms with Gasteiger partial charge in [0.1, 0.15) is 0 Å². The lowest BCUT2D eigenvalue weighted by Gasteiger charge is -2.25. The number of nitrogens with two attached hydrogens (primary N) is 1. The van der Waals surface area contributed by atoms with Crippen molar-refractivity contribution < 1.29 is 13.5 Å². The summed E-state index contributed by atoms with van der Waals surface area (Å²) in [5, 5.41) is 9.45. The van der Waals surface area contributed by atoms with E-state index < -0.39 is 10.0 Å². The maximum Gasteiger partial charge on any atom is 0.240 e. The van der Waals surface area contributed by atoms with Crippen molar-refractivity contribution in [1.29, 1.82) is 0 Å². The molecule has 0 bridgehead atoms. The number of anilines is 1. The summed E-state index contributed by atoms with van der Waals surface area (Å²) in [5.74, 6) is 0.301. The molecule has 0 heterocycles. The molecule has 5 nitrogen and oxygen atoms in total. The molecule has 6 heteroatoms. The highest BCUT2D eigenvalue weighted by molar-refractivity contribution is 7.89. The second kappa shape index (κ2) is 6.11. The molecule has 2 rings (SSSR count). The Morgan fingerprint density at radius 2 is 1.95 bits per heavy atom. The van der Waals surface area contributed by atoms with Crippen LogP contribution in [0, 0.1) is 12.8 Å². The summed E-state index contributed by atoms with van der Waals surface area (Å²) in [6, 6.07) is 4.89. The van der Waals surface area contributed by atoms with Crippen LogP contribution in [0.3, 0.4) is 0 Å². The Kier molecular flexibility index (Phi) is 4.67. The lowest BCUT2D eigenvalue weighted by Crippen LogP contribution is -2.32. The van der Waals surface area contributed by atoms with E-state index in [0.717, 1.165) is 25.7 Å². The van der Waals surface area contributed by atoms with Gasteiger partial charge in [0.2, 0.25) is 10.0 Å².